The van der Waals surface area contributed by atoms with Gasteiger partial charge in [-0.05, 0) is 17.7 Å². The molecule has 0 radical (unpaired) electrons. The number of aldehydes is 1. The van der Waals surface area contributed by atoms with Crippen molar-refractivity contribution in [1.82, 2.24) is 0 Å². The van der Waals surface area contributed by atoms with Gasteiger partial charge in [0, 0.05) is 6.42 Å². The fraction of sp³-hybridized carbons (Fsp3) is 0.273. The van der Waals surface area contributed by atoms with Crippen molar-refractivity contribution >= 4 is 12.1 Å². The molecule has 74 valence electrons. The lowest BCUT2D eigenvalue weighted by Gasteiger charge is -2.01. The molecule has 0 spiro atoms. The summed E-state index contributed by atoms with van der Waals surface area (Å²) in [7, 11) is 1.59. The van der Waals surface area contributed by atoms with Crippen molar-refractivity contribution in [3.05, 3.63) is 29.8 Å². The highest BCUT2D eigenvalue weighted by atomic mass is 16.5. The summed E-state index contributed by atoms with van der Waals surface area (Å²) in [5, 5.41) is 0. The molecule has 0 N–H and O–H groups in total. The maximum Gasteiger partial charge on any atom is 0.144 e. The Morgan fingerprint density at radius 3 is 2.50 bits per heavy atom. The van der Waals surface area contributed by atoms with Crippen LogP contribution in [0.5, 0.6) is 5.75 Å². The summed E-state index contributed by atoms with van der Waals surface area (Å²) in [5.41, 5.74) is 0.901. The van der Waals surface area contributed by atoms with Gasteiger partial charge in [0.1, 0.15) is 17.8 Å². The van der Waals surface area contributed by atoms with Crippen molar-refractivity contribution in [2.45, 2.75) is 12.8 Å². The van der Waals surface area contributed by atoms with Gasteiger partial charge in [-0.1, -0.05) is 12.1 Å². The number of benzene rings is 1. The highest BCUT2D eigenvalue weighted by Gasteiger charge is 2.02. The Labute approximate surface area is 82.7 Å². The van der Waals surface area contributed by atoms with Crippen LogP contribution in [0.15, 0.2) is 24.3 Å². The number of carbonyl (C=O) groups excluding carboxylic acids is 2. The zero-order valence-corrected chi connectivity index (χ0v) is 8.03. The van der Waals surface area contributed by atoms with Crippen LogP contribution in [0.25, 0.3) is 0 Å². The van der Waals surface area contributed by atoms with Crippen LogP contribution in [0.2, 0.25) is 0 Å². The molecule has 0 saturated heterocycles. The molecule has 0 unspecified atom stereocenters. The molecule has 0 aliphatic rings. The number of carbonyl (C=O) groups is 2. The molecule has 0 aliphatic heterocycles. The smallest absolute Gasteiger partial charge is 0.144 e. The normalized spacial score (nSPS) is 9.50. The Hall–Kier alpha value is -1.64. The van der Waals surface area contributed by atoms with Crippen molar-refractivity contribution in [2.24, 2.45) is 0 Å². The first-order valence-electron chi connectivity index (χ1n) is 4.34. The maximum absolute atomic E-state index is 11.1. The summed E-state index contributed by atoms with van der Waals surface area (Å²) < 4.78 is 4.98. The quantitative estimate of drug-likeness (QED) is 0.523. The van der Waals surface area contributed by atoms with Gasteiger partial charge in [-0.3, -0.25) is 4.79 Å². The molecule has 0 aromatic heterocycles. The number of hydrogen-bond acceptors (Lipinski definition) is 3. The average molecular weight is 192 g/mol. The molecule has 0 heterocycles. The van der Waals surface area contributed by atoms with Gasteiger partial charge >= 0.3 is 0 Å². The van der Waals surface area contributed by atoms with E-state index in [-0.39, 0.29) is 12.2 Å². The number of Topliss-reactive ketones (excluding diaryl/α,β-unsaturated/α-hetero) is 1. The van der Waals surface area contributed by atoms with Crippen LogP contribution in [0.3, 0.4) is 0 Å². The second kappa shape index (κ2) is 5.17. The fourth-order valence-corrected chi connectivity index (χ4v) is 1.14. The molecule has 14 heavy (non-hydrogen) atoms. The third-order valence-corrected chi connectivity index (χ3v) is 1.87. The van der Waals surface area contributed by atoms with Gasteiger partial charge in [0.15, 0.2) is 0 Å². The zero-order chi connectivity index (χ0) is 10.4. The lowest BCUT2D eigenvalue weighted by molar-refractivity contribution is -0.121. The lowest BCUT2D eigenvalue weighted by atomic mass is 10.1. The monoisotopic (exact) mass is 192 g/mol. The average Bonchev–Trinajstić information content (AvgIpc) is 2.19. The lowest BCUT2D eigenvalue weighted by Crippen LogP contribution is -2.02. The Bertz CT molecular complexity index is 314. The molecular weight excluding hydrogens is 180 g/mol. The first-order chi connectivity index (χ1) is 6.76. The summed E-state index contributed by atoms with van der Waals surface area (Å²) in [5.74, 6) is 0.696. The van der Waals surface area contributed by atoms with E-state index < -0.39 is 0 Å². The second-order valence-electron chi connectivity index (χ2n) is 2.93. The summed E-state index contributed by atoms with van der Waals surface area (Å²) in [6.45, 7) is 0. The van der Waals surface area contributed by atoms with Crippen molar-refractivity contribution in [2.75, 3.05) is 7.11 Å². The van der Waals surface area contributed by atoms with E-state index in [1.807, 2.05) is 12.1 Å². The molecule has 0 fully saturated rings. The van der Waals surface area contributed by atoms with Gasteiger partial charge in [-0.2, -0.15) is 0 Å². The third kappa shape index (κ3) is 3.01. The Kier molecular flexibility index (Phi) is 3.85. The van der Waals surface area contributed by atoms with E-state index in [9.17, 15) is 9.59 Å². The van der Waals surface area contributed by atoms with Gasteiger partial charge in [-0.15, -0.1) is 0 Å². The highest BCUT2D eigenvalue weighted by Crippen LogP contribution is 2.11. The Morgan fingerprint density at radius 1 is 1.36 bits per heavy atom. The molecule has 1 aromatic carbocycles. The minimum atomic E-state index is -0.0647. The molecule has 3 heteroatoms. The van der Waals surface area contributed by atoms with Crippen LogP contribution < -0.4 is 4.74 Å². The molecule has 0 atom stereocenters. The molecule has 0 amide bonds. The number of hydrogen-bond donors (Lipinski definition) is 0. The van der Waals surface area contributed by atoms with Gasteiger partial charge in [0.25, 0.3) is 0 Å². The highest BCUT2D eigenvalue weighted by molar-refractivity contribution is 5.91. The van der Waals surface area contributed by atoms with Crippen LogP contribution in [0.4, 0.5) is 0 Å². The van der Waals surface area contributed by atoms with Crippen LogP contribution in [0, 0.1) is 0 Å². The largest absolute Gasteiger partial charge is 0.497 e. The van der Waals surface area contributed by atoms with E-state index in [2.05, 4.69) is 0 Å². The SMILES string of the molecule is COc1ccc(CC(=O)CC=O)cc1. The van der Waals surface area contributed by atoms with Crippen LogP contribution in [0.1, 0.15) is 12.0 Å². The minimum absolute atomic E-state index is 0.00791. The van der Waals surface area contributed by atoms with E-state index in [1.54, 1.807) is 19.2 Å². The number of ether oxygens (including phenoxy) is 1. The van der Waals surface area contributed by atoms with Crippen molar-refractivity contribution in [1.29, 1.82) is 0 Å². The minimum Gasteiger partial charge on any atom is -0.497 e. The van der Waals surface area contributed by atoms with Crippen molar-refractivity contribution in [3.8, 4) is 5.75 Å². The fourth-order valence-electron chi connectivity index (χ4n) is 1.14. The Balaban J connectivity index is 2.59. The van der Waals surface area contributed by atoms with E-state index in [0.29, 0.717) is 12.7 Å². The van der Waals surface area contributed by atoms with Gasteiger partial charge < -0.3 is 9.53 Å². The summed E-state index contributed by atoms with van der Waals surface area (Å²) >= 11 is 0. The Morgan fingerprint density at radius 2 is 2.00 bits per heavy atom. The van der Waals surface area contributed by atoms with Crippen LogP contribution >= 0.6 is 0 Å². The molecular formula is C11H12O3. The van der Waals surface area contributed by atoms with Crippen LogP contribution in [-0.2, 0) is 16.0 Å². The van der Waals surface area contributed by atoms with Gasteiger partial charge in [-0.25, -0.2) is 0 Å². The first kappa shape index (κ1) is 10.4. The number of rotatable bonds is 5. The van der Waals surface area contributed by atoms with E-state index in [0.717, 1.165) is 11.3 Å². The molecule has 0 saturated carbocycles. The molecule has 1 aromatic rings. The predicted octanol–water partition coefficient (Wildman–Crippen LogP) is 1.40. The van der Waals surface area contributed by atoms with Crippen molar-refractivity contribution in [3.63, 3.8) is 0 Å². The standard InChI is InChI=1S/C11H12O3/c1-14-11-4-2-9(3-5-11)8-10(13)6-7-12/h2-5,7H,6,8H2,1H3. The van der Waals surface area contributed by atoms with E-state index in [1.165, 1.54) is 0 Å². The predicted molar refractivity (Wildman–Crippen MR) is 52.4 cm³/mol. The van der Waals surface area contributed by atoms with E-state index in [4.69, 9.17) is 4.74 Å². The number of ketones is 1. The molecule has 3 nitrogen and oxygen atoms in total. The topological polar surface area (TPSA) is 43.4 Å². The van der Waals surface area contributed by atoms with E-state index >= 15 is 0 Å². The first-order valence-corrected chi connectivity index (χ1v) is 4.34. The summed E-state index contributed by atoms with van der Waals surface area (Å²) in [4.78, 5) is 21.2. The summed E-state index contributed by atoms with van der Waals surface area (Å²) in [6.07, 6.45) is 0.931. The molecule has 0 aliphatic carbocycles. The van der Waals surface area contributed by atoms with Crippen LogP contribution in [-0.4, -0.2) is 19.2 Å². The van der Waals surface area contributed by atoms with Gasteiger partial charge in [0.2, 0.25) is 0 Å². The van der Waals surface area contributed by atoms with Crippen molar-refractivity contribution < 1.29 is 14.3 Å². The zero-order valence-electron chi connectivity index (χ0n) is 8.03. The second-order valence-corrected chi connectivity index (χ2v) is 2.93. The van der Waals surface area contributed by atoms with Gasteiger partial charge in [0.05, 0.1) is 13.5 Å². The number of methoxy groups -OCH3 is 1. The summed E-state index contributed by atoms with van der Waals surface area (Å²) in [6, 6.07) is 7.23. The molecule has 1 rings (SSSR count). The maximum atomic E-state index is 11.1. The molecule has 0 bridgehead atoms. The third-order valence-electron chi connectivity index (χ3n) is 1.87.